The summed E-state index contributed by atoms with van der Waals surface area (Å²) in [5, 5.41) is 15.5. The molecular formula is C13H19N3O2S. The molecule has 1 aromatic rings. The smallest absolute Gasteiger partial charge is 0.220 e. The molecule has 5 nitrogen and oxygen atoms in total. The zero-order chi connectivity index (χ0) is 13.4. The lowest BCUT2D eigenvalue weighted by atomic mass is 9.85. The number of aromatic nitrogens is 1. The molecule has 3 rings (SSSR count). The van der Waals surface area contributed by atoms with Gasteiger partial charge in [0.25, 0.3) is 0 Å². The van der Waals surface area contributed by atoms with Gasteiger partial charge in [-0.1, -0.05) is 0 Å². The SMILES string of the molecule is CC(O)c1csc(N2CCC3NC(=O)CCC3C2)n1. The molecule has 0 aliphatic carbocycles. The lowest BCUT2D eigenvalue weighted by Gasteiger charge is -2.41. The minimum atomic E-state index is -0.503. The van der Waals surface area contributed by atoms with Crippen LogP contribution >= 0.6 is 11.3 Å². The van der Waals surface area contributed by atoms with Crippen molar-refractivity contribution < 1.29 is 9.90 Å². The highest BCUT2D eigenvalue weighted by molar-refractivity contribution is 7.13. The van der Waals surface area contributed by atoms with Crippen LogP contribution in [0.5, 0.6) is 0 Å². The number of carbonyl (C=O) groups excluding carboxylic acids is 1. The minimum Gasteiger partial charge on any atom is -0.387 e. The van der Waals surface area contributed by atoms with Crippen molar-refractivity contribution in [1.29, 1.82) is 0 Å². The fourth-order valence-corrected chi connectivity index (χ4v) is 3.85. The summed E-state index contributed by atoms with van der Waals surface area (Å²) < 4.78 is 0. The summed E-state index contributed by atoms with van der Waals surface area (Å²) >= 11 is 1.59. The Morgan fingerprint density at radius 2 is 2.42 bits per heavy atom. The van der Waals surface area contributed by atoms with E-state index in [4.69, 9.17) is 0 Å². The van der Waals surface area contributed by atoms with E-state index in [1.54, 1.807) is 18.3 Å². The molecule has 19 heavy (non-hydrogen) atoms. The monoisotopic (exact) mass is 281 g/mol. The Kier molecular flexibility index (Phi) is 3.45. The zero-order valence-corrected chi connectivity index (χ0v) is 11.8. The third-order valence-corrected chi connectivity index (χ3v) is 4.95. The second kappa shape index (κ2) is 5.09. The van der Waals surface area contributed by atoms with Crippen molar-refractivity contribution in [3.63, 3.8) is 0 Å². The number of hydrogen-bond acceptors (Lipinski definition) is 5. The molecule has 0 bridgehead atoms. The van der Waals surface area contributed by atoms with Crippen molar-refractivity contribution in [1.82, 2.24) is 10.3 Å². The van der Waals surface area contributed by atoms with Gasteiger partial charge in [-0.05, 0) is 25.7 Å². The number of nitrogens with zero attached hydrogens (tertiary/aromatic N) is 2. The van der Waals surface area contributed by atoms with Gasteiger partial charge in [-0.2, -0.15) is 0 Å². The van der Waals surface area contributed by atoms with Crippen molar-refractivity contribution in [3.8, 4) is 0 Å². The van der Waals surface area contributed by atoms with Crippen LogP contribution in [0.15, 0.2) is 5.38 Å². The molecule has 2 fully saturated rings. The minimum absolute atomic E-state index is 0.195. The van der Waals surface area contributed by atoms with Gasteiger partial charge in [0.15, 0.2) is 5.13 Å². The van der Waals surface area contributed by atoms with Crippen molar-refractivity contribution in [2.24, 2.45) is 5.92 Å². The molecule has 2 N–H and O–H groups in total. The number of aliphatic hydroxyl groups excluding tert-OH is 1. The average Bonchev–Trinajstić information content (AvgIpc) is 2.88. The predicted molar refractivity (Wildman–Crippen MR) is 74.2 cm³/mol. The van der Waals surface area contributed by atoms with E-state index in [1.165, 1.54) is 0 Å². The van der Waals surface area contributed by atoms with Gasteiger partial charge in [-0.3, -0.25) is 4.79 Å². The topological polar surface area (TPSA) is 65.5 Å². The van der Waals surface area contributed by atoms with Crippen LogP contribution in [0, 0.1) is 5.92 Å². The van der Waals surface area contributed by atoms with E-state index >= 15 is 0 Å². The molecule has 3 atom stereocenters. The third kappa shape index (κ3) is 2.60. The van der Waals surface area contributed by atoms with Crippen molar-refractivity contribution in [2.45, 2.75) is 38.3 Å². The summed E-state index contributed by atoms with van der Waals surface area (Å²) in [7, 11) is 0. The molecule has 0 spiro atoms. The van der Waals surface area contributed by atoms with Crippen molar-refractivity contribution >= 4 is 22.4 Å². The van der Waals surface area contributed by atoms with Gasteiger partial charge in [0.05, 0.1) is 11.8 Å². The Balaban J connectivity index is 1.68. The van der Waals surface area contributed by atoms with E-state index in [2.05, 4.69) is 15.2 Å². The normalized spacial score (nSPS) is 28.7. The molecule has 2 aliphatic heterocycles. The largest absolute Gasteiger partial charge is 0.387 e. The number of nitrogens with one attached hydrogen (secondary N) is 1. The number of rotatable bonds is 2. The van der Waals surface area contributed by atoms with Crippen LogP contribution in [-0.2, 0) is 4.79 Å². The van der Waals surface area contributed by atoms with Crippen LogP contribution in [0.3, 0.4) is 0 Å². The summed E-state index contributed by atoms with van der Waals surface area (Å²) in [5.74, 6) is 0.727. The first-order chi connectivity index (χ1) is 9.13. The van der Waals surface area contributed by atoms with E-state index in [1.807, 2.05) is 5.38 Å². The fraction of sp³-hybridized carbons (Fsp3) is 0.692. The van der Waals surface area contributed by atoms with Crippen LogP contribution in [0.4, 0.5) is 5.13 Å². The summed E-state index contributed by atoms with van der Waals surface area (Å²) in [6, 6.07) is 0.341. The maximum Gasteiger partial charge on any atom is 0.220 e. The molecule has 2 aliphatic rings. The molecule has 0 saturated carbocycles. The van der Waals surface area contributed by atoms with Gasteiger partial charge in [0.2, 0.25) is 5.91 Å². The average molecular weight is 281 g/mol. The van der Waals surface area contributed by atoms with Crippen LogP contribution in [0.1, 0.15) is 38.0 Å². The van der Waals surface area contributed by atoms with Crippen molar-refractivity contribution in [3.05, 3.63) is 11.1 Å². The van der Waals surface area contributed by atoms with Gasteiger partial charge in [0, 0.05) is 30.9 Å². The Labute approximate surface area is 116 Å². The zero-order valence-electron chi connectivity index (χ0n) is 11.0. The molecule has 3 heterocycles. The maximum atomic E-state index is 11.4. The molecule has 0 aromatic carbocycles. The third-order valence-electron chi connectivity index (χ3n) is 4.03. The van der Waals surface area contributed by atoms with Gasteiger partial charge in [-0.25, -0.2) is 4.98 Å². The predicted octanol–water partition coefficient (Wildman–Crippen LogP) is 1.30. The molecule has 1 aromatic heterocycles. The Hall–Kier alpha value is -1.14. The number of hydrogen-bond donors (Lipinski definition) is 2. The van der Waals surface area contributed by atoms with E-state index in [0.717, 1.165) is 36.8 Å². The lowest BCUT2D eigenvalue weighted by Crippen LogP contribution is -2.54. The second-order valence-corrected chi connectivity index (χ2v) is 6.27. The van der Waals surface area contributed by atoms with Gasteiger partial charge >= 0.3 is 0 Å². The van der Waals surface area contributed by atoms with Crippen LogP contribution in [0.2, 0.25) is 0 Å². The van der Waals surface area contributed by atoms with E-state index < -0.39 is 6.10 Å². The first kappa shape index (κ1) is 12.9. The number of anilines is 1. The second-order valence-electron chi connectivity index (χ2n) is 5.44. The van der Waals surface area contributed by atoms with Gasteiger partial charge < -0.3 is 15.3 Å². The van der Waals surface area contributed by atoms with E-state index in [9.17, 15) is 9.90 Å². The van der Waals surface area contributed by atoms with Crippen molar-refractivity contribution in [2.75, 3.05) is 18.0 Å². The molecule has 2 saturated heterocycles. The highest BCUT2D eigenvalue weighted by atomic mass is 32.1. The summed E-state index contributed by atoms with van der Waals surface area (Å²) in [5.41, 5.74) is 0.749. The summed E-state index contributed by atoms with van der Waals surface area (Å²) in [6.07, 6.45) is 2.10. The van der Waals surface area contributed by atoms with Crippen LogP contribution < -0.4 is 10.2 Å². The molecule has 104 valence electrons. The first-order valence-corrected chi connectivity index (χ1v) is 7.69. The standard InChI is InChI=1S/C13H19N3O2S/c1-8(17)11-7-19-13(15-11)16-5-4-10-9(6-16)2-3-12(18)14-10/h7-10,17H,2-6H2,1H3,(H,14,18). The van der Waals surface area contributed by atoms with E-state index in [0.29, 0.717) is 18.4 Å². The maximum absolute atomic E-state index is 11.4. The summed E-state index contributed by atoms with van der Waals surface area (Å²) in [4.78, 5) is 18.2. The number of amides is 1. The Morgan fingerprint density at radius 3 is 3.16 bits per heavy atom. The molecule has 0 radical (unpaired) electrons. The molecule has 6 heteroatoms. The first-order valence-electron chi connectivity index (χ1n) is 6.81. The Bertz CT molecular complexity index is 474. The van der Waals surface area contributed by atoms with Gasteiger partial charge in [0.1, 0.15) is 0 Å². The van der Waals surface area contributed by atoms with Crippen LogP contribution in [-0.4, -0.2) is 35.1 Å². The highest BCUT2D eigenvalue weighted by Crippen LogP contribution is 2.31. The Morgan fingerprint density at radius 1 is 1.58 bits per heavy atom. The number of thiazole rings is 1. The van der Waals surface area contributed by atoms with E-state index in [-0.39, 0.29) is 5.91 Å². The fourth-order valence-electron chi connectivity index (χ4n) is 2.90. The number of fused-ring (bicyclic) bond motifs is 1. The lowest BCUT2D eigenvalue weighted by molar-refractivity contribution is -0.124. The number of carbonyl (C=O) groups is 1. The molecule has 3 unspecified atom stereocenters. The summed E-state index contributed by atoms with van der Waals surface area (Å²) in [6.45, 7) is 3.62. The van der Waals surface area contributed by atoms with Crippen LogP contribution in [0.25, 0.3) is 0 Å². The number of piperidine rings is 2. The number of aliphatic hydroxyl groups is 1. The highest BCUT2D eigenvalue weighted by Gasteiger charge is 2.34. The molecule has 1 amide bonds. The van der Waals surface area contributed by atoms with Gasteiger partial charge in [-0.15, -0.1) is 11.3 Å². The quantitative estimate of drug-likeness (QED) is 0.857. The molecular weight excluding hydrogens is 262 g/mol.